The van der Waals surface area contributed by atoms with Gasteiger partial charge in [-0.1, -0.05) is 24.3 Å². The van der Waals surface area contributed by atoms with Crippen LogP contribution in [0.2, 0.25) is 0 Å². The standard InChI is InChI=1S/C23H20N4O4S/c28-22(29)15-5-1-4-14(12-15)21-18-7-2-6-17(18)19-13-16(8-9-20(19)26-21)32(30,31)27-23-24-10-3-11-25-23/h1-6,8-13,17-18,21,26H,7H2,(H,28,29)(H,24,25,27)/t17-,18-,21+/m1/s1. The van der Waals surface area contributed by atoms with Gasteiger partial charge in [-0.2, -0.15) is 0 Å². The summed E-state index contributed by atoms with van der Waals surface area (Å²) in [5.74, 6) is -0.781. The van der Waals surface area contributed by atoms with Crippen molar-refractivity contribution in [3.05, 3.63) is 89.8 Å². The molecule has 3 aromatic rings. The molecule has 9 heteroatoms. The quantitative estimate of drug-likeness (QED) is 0.508. The maximum absolute atomic E-state index is 12.9. The van der Waals surface area contributed by atoms with Crippen molar-refractivity contribution in [3.63, 3.8) is 0 Å². The Labute approximate surface area is 185 Å². The van der Waals surface area contributed by atoms with Gasteiger partial charge in [0.05, 0.1) is 16.5 Å². The molecule has 0 amide bonds. The first-order valence-electron chi connectivity index (χ1n) is 10.1. The smallest absolute Gasteiger partial charge is 0.335 e. The summed E-state index contributed by atoms with van der Waals surface area (Å²) in [6.45, 7) is 0. The lowest BCUT2D eigenvalue weighted by Gasteiger charge is -2.37. The van der Waals surface area contributed by atoms with Crippen LogP contribution in [0.25, 0.3) is 0 Å². The average molecular weight is 449 g/mol. The molecule has 5 rings (SSSR count). The van der Waals surface area contributed by atoms with Crippen molar-refractivity contribution in [2.45, 2.75) is 23.3 Å². The van der Waals surface area contributed by atoms with E-state index in [-0.39, 0.29) is 34.3 Å². The van der Waals surface area contributed by atoms with Gasteiger partial charge in [0.25, 0.3) is 10.0 Å². The first kappa shape index (κ1) is 20.2. The van der Waals surface area contributed by atoms with Gasteiger partial charge in [0.15, 0.2) is 0 Å². The van der Waals surface area contributed by atoms with Crippen molar-refractivity contribution in [2.24, 2.45) is 5.92 Å². The van der Waals surface area contributed by atoms with E-state index in [1.807, 2.05) is 6.07 Å². The largest absolute Gasteiger partial charge is 0.478 e. The first-order valence-corrected chi connectivity index (χ1v) is 11.6. The SMILES string of the molecule is O=C(O)c1cccc([C@@H]2Nc3ccc(S(=O)(=O)Nc4ncccn4)cc3[C@@H]3C=CC[C@H]32)c1. The van der Waals surface area contributed by atoms with Crippen LogP contribution in [-0.2, 0) is 10.0 Å². The molecule has 3 atom stereocenters. The number of fused-ring (bicyclic) bond motifs is 3. The minimum atomic E-state index is -3.85. The summed E-state index contributed by atoms with van der Waals surface area (Å²) < 4.78 is 28.2. The molecule has 2 aliphatic rings. The zero-order chi connectivity index (χ0) is 22.3. The summed E-state index contributed by atoms with van der Waals surface area (Å²) in [7, 11) is -3.85. The number of carbonyl (C=O) groups is 1. The lowest BCUT2D eigenvalue weighted by atomic mass is 9.77. The molecular weight excluding hydrogens is 428 g/mol. The minimum Gasteiger partial charge on any atom is -0.478 e. The van der Waals surface area contributed by atoms with Crippen LogP contribution in [0, 0.1) is 5.92 Å². The van der Waals surface area contributed by atoms with Crippen molar-refractivity contribution in [1.82, 2.24) is 9.97 Å². The van der Waals surface area contributed by atoms with Crippen molar-refractivity contribution in [2.75, 3.05) is 10.0 Å². The van der Waals surface area contributed by atoms with Gasteiger partial charge in [0, 0.05) is 24.0 Å². The fourth-order valence-electron chi connectivity index (χ4n) is 4.47. The van der Waals surface area contributed by atoms with Crippen LogP contribution in [0.5, 0.6) is 0 Å². The Morgan fingerprint density at radius 1 is 1.09 bits per heavy atom. The number of nitrogens with zero attached hydrogens (tertiary/aromatic N) is 2. The van der Waals surface area contributed by atoms with Crippen LogP contribution in [-0.4, -0.2) is 29.5 Å². The van der Waals surface area contributed by atoms with Crippen molar-refractivity contribution in [1.29, 1.82) is 0 Å². The predicted molar refractivity (Wildman–Crippen MR) is 119 cm³/mol. The molecule has 2 heterocycles. The molecule has 3 N–H and O–H groups in total. The minimum absolute atomic E-state index is 0.0142. The van der Waals surface area contributed by atoms with Gasteiger partial charge >= 0.3 is 5.97 Å². The molecule has 0 radical (unpaired) electrons. The summed E-state index contributed by atoms with van der Waals surface area (Å²) in [6.07, 6.45) is 7.94. The number of carboxylic acids is 1. The molecule has 0 unspecified atom stereocenters. The highest BCUT2D eigenvalue weighted by Gasteiger charge is 2.38. The Hall–Kier alpha value is -3.72. The lowest BCUT2D eigenvalue weighted by Crippen LogP contribution is -2.29. The molecule has 162 valence electrons. The van der Waals surface area contributed by atoms with Crippen LogP contribution >= 0.6 is 0 Å². The Balaban J connectivity index is 1.50. The van der Waals surface area contributed by atoms with E-state index in [9.17, 15) is 18.3 Å². The maximum Gasteiger partial charge on any atom is 0.335 e. The summed E-state index contributed by atoms with van der Waals surface area (Å²) in [6, 6.07) is 13.5. The van der Waals surface area contributed by atoms with Gasteiger partial charge in [-0.25, -0.2) is 27.9 Å². The van der Waals surface area contributed by atoms with Gasteiger partial charge in [-0.3, -0.25) is 0 Å². The highest BCUT2D eigenvalue weighted by molar-refractivity contribution is 7.92. The van der Waals surface area contributed by atoms with E-state index in [0.29, 0.717) is 0 Å². The zero-order valence-electron chi connectivity index (χ0n) is 16.8. The van der Waals surface area contributed by atoms with Crippen LogP contribution < -0.4 is 10.0 Å². The topological polar surface area (TPSA) is 121 Å². The van der Waals surface area contributed by atoms with Crippen molar-refractivity contribution in [3.8, 4) is 0 Å². The second kappa shape index (κ2) is 7.76. The number of allylic oxidation sites excluding steroid dienone is 2. The zero-order valence-corrected chi connectivity index (χ0v) is 17.7. The second-order valence-corrected chi connectivity index (χ2v) is 9.52. The number of hydrogen-bond donors (Lipinski definition) is 3. The van der Waals surface area contributed by atoms with Crippen molar-refractivity contribution >= 4 is 27.6 Å². The molecule has 0 saturated heterocycles. The van der Waals surface area contributed by atoms with Crippen LogP contribution in [0.15, 0.2) is 78.0 Å². The number of aromatic nitrogens is 2. The number of carboxylic acid groups (broad SMARTS) is 1. The fourth-order valence-corrected chi connectivity index (χ4v) is 5.46. The third-order valence-electron chi connectivity index (χ3n) is 5.93. The number of anilines is 2. The molecule has 0 saturated carbocycles. The monoisotopic (exact) mass is 448 g/mol. The second-order valence-electron chi connectivity index (χ2n) is 7.83. The molecule has 0 bridgehead atoms. The third-order valence-corrected chi connectivity index (χ3v) is 7.25. The van der Waals surface area contributed by atoms with E-state index in [4.69, 9.17) is 0 Å². The van der Waals surface area contributed by atoms with E-state index < -0.39 is 16.0 Å². The molecular formula is C23H20N4O4S. The van der Waals surface area contributed by atoms with E-state index in [1.165, 1.54) is 12.4 Å². The number of hydrogen-bond acceptors (Lipinski definition) is 6. The third kappa shape index (κ3) is 3.60. The van der Waals surface area contributed by atoms with Gasteiger partial charge < -0.3 is 10.4 Å². The number of aromatic carboxylic acids is 1. The number of benzene rings is 2. The molecule has 0 spiro atoms. The van der Waals surface area contributed by atoms with Gasteiger partial charge in [0.1, 0.15) is 0 Å². The van der Waals surface area contributed by atoms with E-state index >= 15 is 0 Å². The Kier molecular flexibility index (Phi) is 4.90. The van der Waals surface area contributed by atoms with E-state index in [0.717, 1.165) is 23.2 Å². The number of sulfonamides is 1. The summed E-state index contributed by atoms with van der Waals surface area (Å²) in [5.41, 5.74) is 2.87. The molecule has 1 aromatic heterocycles. The summed E-state index contributed by atoms with van der Waals surface area (Å²) in [5, 5.41) is 12.9. The average Bonchev–Trinajstić information content (AvgIpc) is 3.29. The Morgan fingerprint density at radius 3 is 2.69 bits per heavy atom. The number of nitrogens with one attached hydrogen (secondary N) is 2. The molecule has 0 fully saturated rings. The van der Waals surface area contributed by atoms with Crippen LogP contribution in [0.4, 0.5) is 11.6 Å². The summed E-state index contributed by atoms with van der Waals surface area (Å²) >= 11 is 0. The van der Waals surface area contributed by atoms with Gasteiger partial charge in [-0.15, -0.1) is 0 Å². The molecule has 2 aromatic carbocycles. The van der Waals surface area contributed by atoms with Crippen molar-refractivity contribution < 1.29 is 18.3 Å². The van der Waals surface area contributed by atoms with Crippen LogP contribution in [0.1, 0.15) is 39.9 Å². The highest BCUT2D eigenvalue weighted by Crippen LogP contribution is 2.50. The fraction of sp³-hybridized carbons (Fsp3) is 0.174. The first-order chi connectivity index (χ1) is 15.4. The van der Waals surface area contributed by atoms with E-state index in [1.54, 1.807) is 42.5 Å². The normalized spacial score (nSPS) is 21.3. The Morgan fingerprint density at radius 2 is 1.91 bits per heavy atom. The summed E-state index contributed by atoms with van der Waals surface area (Å²) in [4.78, 5) is 19.4. The maximum atomic E-state index is 12.9. The molecule has 1 aliphatic carbocycles. The molecule has 32 heavy (non-hydrogen) atoms. The number of rotatable bonds is 5. The predicted octanol–water partition coefficient (Wildman–Crippen LogP) is 3.80. The van der Waals surface area contributed by atoms with E-state index in [2.05, 4.69) is 32.2 Å². The van der Waals surface area contributed by atoms with Gasteiger partial charge in [0.2, 0.25) is 5.95 Å². The molecule has 1 aliphatic heterocycles. The van der Waals surface area contributed by atoms with Gasteiger partial charge in [-0.05, 0) is 59.9 Å². The van der Waals surface area contributed by atoms with Crippen LogP contribution in [0.3, 0.4) is 0 Å². The lowest BCUT2D eigenvalue weighted by molar-refractivity contribution is 0.0696. The molecule has 8 nitrogen and oxygen atoms in total. The highest BCUT2D eigenvalue weighted by atomic mass is 32.2. The Bertz CT molecular complexity index is 1320.